The maximum absolute atomic E-state index is 2.29. The van der Waals surface area contributed by atoms with E-state index in [0.29, 0.717) is 0 Å². The van der Waals surface area contributed by atoms with Crippen LogP contribution in [0, 0.1) is 0 Å². The van der Waals surface area contributed by atoms with Crippen molar-refractivity contribution in [2.24, 2.45) is 0 Å². The first kappa shape index (κ1) is 48.1. The van der Waals surface area contributed by atoms with Crippen molar-refractivity contribution in [2.75, 3.05) is 0 Å². The third-order valence-electron chi connectivity index (χ3n) is 9.70. The van der Waals surface area contributed by atoms with Gasteiger partial charge in [-0.25, -0.2) is 0 Å². The van der Waals surface area contributed by atoms with Crippen molar-refractivity contribution in [3.05, 3.63) is 194 Å². The highest BCUT2D eigenvalue weighted by Gasteiger charge is 2.17. The molecule has 0 aliphatic heterocycles. The summed E-state index contributed by atoms with van der Waals surface area (Å²) in [7, 11) is 0. The number of rotatable bonds is 5. The lowest BCUT2D eigenvalue weighted by Gasteiger charge is -2.18. The summed E-state index contributed by atoms with van der Waals surface area (Å²) in [6.45, 7) is 24.0. The second kappa shape index (κ2) is 26.0. The van der Waals surface area contributed by atoms with Crippen LogP contribution in [0.3, 0.4) is 0 Å². The van der Waals surface area contributed by atoms with E-state index in [2.05, 4.69) is 194 Å². The Morgan fingerprint density at radius 3 is 0.833 bits per heavy atom. The summed E-state index contributed by atoms with van der Waals surface area (Å²) in [5.74, 6) is 0. The first-order valence-corrected chi connectivity index (χ1v) is 22.6. The van der Waals surface area contributed by atoms with E-state index in [4.69, 9.17) is 0 Å². The highest BCUT2D eigenvalue weighted by atomic mass is 14.2. The van der Waals surface area contributed by atoms with E-state index in [0.717, 1.165) is 0 Å². The molecule has 0 heterocycles. The van der Waals surface area contributed by atoms with Gasteiger partial charge in [0.1, 0.15) is 0 Å². The summed E-state index contributed by atoms with van der Waals surface area (Å²) >= 11 is 0. The highest BCUT2D eigenvalue weighted by molar-refractivity contribution is 6.21. The molecule has 0 fully saturated rings. The maximum Gasteiger partial charge on any atom is -0.00264 e. The van der Waals surface area contributed by atoms with Gasteiger partial charge in [-0.2, -0.15) is 0 Å². The van der Waals surface area contributed by atoms with Crippen molar-refractivity contribution in [3.8, 4) is 55.6 Å². The summed E-state index contributed by atoms with van der Waals surface area (Å²) in [6, 6.07) is 70.6. The van der Waals surface area contributed by atoms with E-state index in [-0.39, 0.29) is 0 Å². The van der Waals surface area contributed by atoms with Crippen LogP contribution in [0.25, 0.3) is 88.0 Å². The molecule has 0 saturated carbocycles. The van der Waals surface area contributed by atoms with Crippen LogP contribution in [-0.2, 0) is 0 Å². The largest absolute Gasteiger partial charge is 0.0683 e. The number of fused-ring (bicyclic) bond motifs is 3. The predicted molar refractivity (Wildman–Crippen MR) is 274 cm³/mol. The molecule has 60 heavy (non-hydrogen) atoms. The van der Waals surface area contributed by atoms with Crippen molar-refractivity contribution in [1.82, 2.24) is 0 Å². The van der Waals surface area contributed by atoms with Crippen molar-refractivity contribution in [3.63, 3.8) is 0 Å². The fourth-order valence-corrected chi connectivity index (χ4v) is 7.36. The van der Waals surface area contributed by atoms with Crippen molar-refractivity contribution >= 4 is 32.3 Å². The van der Waals surface area contributed by atoms with Gasteiger partial charge in [-0.3, -0.25) is 0 Å². The molecule has 0 N–H and O–H groups in total. The van der Waals surface area contributed by atoms with Crippen LogP contribution in [0.15, 0.2) is 194 Å². The smallest absolute Gasteiger partial charge is 0.00264 e. The Hall–Kier alpha value is -6.24. The third kappa shape index (κ3) is 10.9. The molecular formula is C60H68. The molecule has 0 unspecified atom stereocenters. The van der Waals surface area contributed by atoms with Gasteiger partial charge >= 0.3 is 0 Å². The van der Waals surface area contributed by atoms with Gasteiger partial charge in [0.15, 0.2) is 0 Å². The molecule has 9 aromatic carbocycles. The number of hydrogen-bond acceptors (Lipinski definition) is 0. The molecule has 0 amide bonds. The maximum atomic E-state index is 2.29. The molecule has 0 aromatic heterocycles. The molecule has 0 aliphatic rings. The lowest BCUT2D eigenvalue weighted by molar-refractivity contribution is 1.50. The lowest BCUT2D eigenvalue weighted by atomic mass is 9.85. The van der Waals surface area contributed by atoms with Crippen LogP contribution in [0.5, 0.6) is 0 Å². The summed E-state index contributed by atoms with van der Waals surface area (Å²) < 4.78 is 0. The van der Waals surface area contributed by atoms with Gasteiger partial charge in [-0.1, -0.05) is 277 Å². The Morgan fingerprint density at radius 2 is 0.450 bits per heavy atom. The topological polar surface area (TPSA) is 0 Å². The fourth-order valence-electron chi connectivity index (χ4n) is 7.36. The fraction of sp³-hybridized carbons (Fsp3) is 0.200. The van der Waals surface area contributed by atoms with E-state index in [1.54, 1.807) is 0 Å². The Balaban J connectivity index is 0.000000739. The van der Waals surface area contributed by atoms with Gasteiger partial charge in [0.25, 0.3) is 0 Å². The van der Waals surface area contributed by atoms with Gasteiger partial charge in [-0.15, -0.1) is 0 Å². The average Bonchev–Trinajstić information content (AvgIpc) is 3.37. The highest BCUT2D eigenvalue weighted by Crippen LogP contribution is 2.44. The van der Waals surface area contributed by atoms with Gasteiger partial charge in [0.05, 0.1) is 0 Å². The summed E-state index contributed by atoms with van der Waals surface area (Å²) in [4.78, 5) is 0. The summed E-state index contributed by atoms with van der Waals surface area (Å²) in [6.07, 6.45) is 0. The van der Waals surface area contributed by atoms with E-state index in [1.165, 1.54) is 88.0 Å². The molecule has 0 nitrogen and oxygen atoms in total. The van der Waals surface area contributed by atoms with E-state index >= 15 is 0 Å². The van der Waals surface area contributed by atoms with E-state index in [1.807, 2.05) is 83.1 Å². The molecule has 9 aromatic rings. The SMILES string of the molecule is CC.CC.CC.CC.CC.CC.c1ccc(-c2ccc(-c3ccc(-c4c5ccccc5c(-c5ccc(-c6cccc7ccccc67)cc5)c5ccccc45)cc3)cc2)cc1. The second-order valence-electron chi connectivity index (χ2n) is 12.5. The van der Waals surface area contributed by atoms with Crippen LogP contribution < -0.4 is 0 Å². The molecule has 308 valence electrons. The molecule has 0 saturated heterocycles. The van der Waals surface area contributed by atoms with Gasteiger partial charge in [0.2, 0.25) is 0 Å². The Bertz CT molecular complexity index is 2490. The summed E-state index contributed by atoms with van der Waals surface area (Å²) in [5.41, 5.74) is 12.4. The quantitative estimate of drug-likeness (QED) is 0.152. The Kier molecular flexibility index (Phi) is 20.8. The van der Waals surface area contributed by atoms with Crippen LogP contribution in [0.2, 0.25) is 0 Å². The minimum Gasteiger partial charge on any atom is -0.0683 e. The predicted octanol–water partition coefficient (Wildman–Crippen LogP) is 19.6. The lowest BCUT2D eigenvalue weighted by Crippen LogP contribution is -1.91. The zero-order chi connectivity index (χ0) is 43.9. The Morgan fingerprint density at radius 1 is 0.183 bits per heavy atom. The molecule has 0 radical (unpaired) electrons. The minimum atomic E-state index is 1.22. The standard InChI is InChI=1S/C48H32.6C2H6/c1-2-11-33(12-3-1)34-21-23-35(24-22-34)36-25-29-39(30-26-36)47-43-16-6-8-18-45(43)48(46-19-9-7-17-44(46)47)40-31-27-38(28-32-40)42-20-10-14-37-13-4-5-15-41(37)42;6*1-2/h1-32H;6*1-2H3. The molecule has 0 bridgehead atoms. The first-order valence-electron chi connectivity index (χ1n) is 22.6. The minimum absolute atomic E-state index is 1.22. The van der Waals surface area contributed by atoms with E-state index in [9.17, 15) is 0 Å². The van der Waals surface area contributed by atoms with Gasteiger partial charge in [0, 0.05) is 0 Å². The first-order chi connectivity index (χ1) is 29.8. The van der Waals surface area contributed by atoms with Crippen LogP contribution >= 0.6 is 0 Å². The zero-order valence-electron chi connectivity index (χ0n) is 38.5. The monoisotopic (exact) mass is 789 g/mol. The number of benzene rings is 9. The molecule has 9 rings (SSSR count). The van der Waals surface area contributed by atoms with Crippen LogP contribution in [0.1, 0.15) is 83.1 Å². The van der Waals surface area contributed by atoms with Crippen molar-refractivity contribution in [1.29, 1.82) is 0 Å². The number of hydrogen-bond donors (Lipinski definition) is 0. The van der Waals surface area contributed by atoms with Gasteiger partial charge < -0.3 is 0 Å². The molecule has 0 atom stereocenters. The molecule has 0 spiro atoms. The van der Waals surface area contributed by atoms with E-state index < -0.39 is 0 Å². The van der Waals surface area contributed by atoms with Crippen LogP contribution in [0.4, 0.5) is 0 Å². The summed E-state index contributed by atoms with van der Waals surface area (Å²) in [5, 5.41) is 7.62. The average molecular weight is 789 g/mol. The van der Waals surface area contributed by atoms with Crippen molar-refractivity contribution < 1.29 is 0 Å². The normalized spacial score (nSPS) is 9.67. The second-order valence-corrected chi connectivity index (χ2v) is 12.5. The third-order valence-corrected chi connectivity index (χ3v) is 9.70. The van der Waals surface area contributed by atoms with Crippen LogP contribution in [-0.4, -0.2) is 0 Å². The molecule has 0 heteroatoms. The molecular weight excluding hydrogens is 721 g/mol. The van der Waals surface area contributed by atoms with Gasteiger partial charge in [-0.05, 0) is 88.0 Å². The molecule has 0 aliphatic carbocycles. The zero-order valence-corrected chi connectivity index (χ0v) is 38.5. The van der Waals surface area contributed by atoms with Crippen molar-refractivity contribution in [2.45, 2.75) is 83.1 Å². The Labute approximate surface area is 363 Å².